The minimum Gasteiger partial charge on any atom is -0.351 e. The van der Waals surface area contributed by atoms with Crippen LogP contribution in [0.25, 0.3) is 0 Å². The Hall–Kier alpha value is -1.92. The number of sulfonamides is 1. The molecule has 0 aliphatic heterocycles. The summed E-state index contributed by atoms with van der Waals surface area (Å²) in [5.41, 5.74) is 1.63. The zero-order valence-electron chi connectivity index (χ0n) is 15.3. The summed E-state index contributed by atoms with van der Waals surface area (Å²) in [7, 11) is -3.74. The molecule has 0 saturated carbocycles. The highest BCUT2D eigenvalue weighted by molar-refractivity contribution is 8.02. The molecule has 0 spiro atoms. The van der Waals surface area contributed by atoms with Gasteiger partial charge in [0.2, 0.25) is 21.1 Å². The van der Waals surface area contributed by atoms with Gasteiger partial charge in [-0.25, -0.2) is 18.5 Å². The van der Waals surface area contributed by atoms with Crippen molar-refractivity contribution in [3.8, 4) is 0 Å². The van der Waals surface area contributed by atoms with Crippen LogP contribution in [0.2, 0.25) is 0 Å². The Labute approximate surface area is 181 Å². The van der Waals surface area contributed by atoms with Crippen molar-refractivity contribution < 1.29 is 13.2 Å². The third-order valence-electron chi connectivity index (χ3n) is 3.85. The number of benzene rings is 2. The van der Waals surface area contributed by atoms with Gasteiger partial charge in [-0.1, -0.05) is 66.0 Å². The zero-order chi connectivity index (χ0) is 20.9. The van der Waals surface area contributed by atoms with E-state index in [0.29, 0.717) is 5.16 Å². The minimum absolute atomic E-state index is 0.0335. The molecule has 3 N–H and O–H groups in total. The van der Waals surface area contributed by atoms with Crippen LogP contribution in [-0.4, -0.2) is 29.9 Å². The monoisotopic (exact) mass is 466 g/mol. The number of thioether (sulfide) groups is 2. The molecule has 29 heavy (non-hydrogen) atoms. The average molecular weight is 467 g/mol. The van der Waals surface area contributed by atoms with Crippen LogP contribution in [0.1, 0.15) is 16.4 Å². The van der Waals surface area contributed by atoms with Crippen LogP contribution in [0.5, 0.6) is 0 Å². The molecule has 1 aromatic heterocycles. The Morgan fingerprint density at radius 2 is 1.86 bits per heavy atom. The number of carbonyl (C=O) groups excluding carboxylic acids is 1. The van der Waals surface area contributed by atoms with Crippen molar-refractivity contribution in [1.82, 2.24) is 14.7 Å². The molecule has 0 aliphatic carbocycles. The van der Waals surface area contributed by atoms with Gasteiger partial charge in [0, 0.05) is 6.54 Å². The quantitative estimate of drug-likeness (QED) is 0.490. The van der Waals surface area contributed by atoms with E-state index in [1.165, 1.54) is 47.2 Å². The van der Waals surface area contributed by atoms with Gasteiger partial charge in [-0.3, -0.25) is 4.79 Å². The highest BCUT2D eigenvalue weighted by atomic mass is 32.2. The number of nitrogens with zero attached hydrogens (tertiary/aromatic N) is 2. The summed E-state index contributed by atoms with van der Waals surface area (Å²) in [5, 5.41) is 8.21. The topological polar surface area (TPSA) is 115 Å². The first-order valence-corrected chi connectivity index (χ1v) is 12.8. The predicted octanol–water partition coefficient (Wildman–Crippen LogP) is 3.06. The summed E-state index contributed by atoms with van der Waals surface area (Å²) in [6, 6.07) is 15.6. The second-order valence-corrected chi connectivity index (χ2v) is 10.3. The molecule has 1 unspecified atom stereocenters. The molecule has 1 atom stereocenters. The smallest absolute Gasteiger partial charge is 0.238 e. The largest absolute Gasteiger partial charge is 0.351 e. The number of hydrogen-bond donors (Lipinski definition) is 2. The standard InChI is InChI=1S/C18H18N4O3S4/c1-26-17-21-18(28-22-17)27-15(13-5-3-2-4-6-13)16(23)20-11-12-7-9-14(10-8-12)29(19,24)25/h2-10,15H,11H2,1H3,(H,20,23)(H2,19,24,25). The van der Waals surface area contributed by atoms with Gasteiger partial charge >= 0.3 is 0 Å². The van der Waals surface area contributed by atoms with Crippen molar-refractivity contribution in [2.45, 2.75) is 26.2 Å². The highest BCUT2D eigenvalue weighted by Crippen LogP contribution is 2.37. The van der Waals surface area contributed by atoms with E-state index in [0.717, 1.165) is 15.5 Å². The van der Waals surface area contributed by atoms with Crippen LogP contribution in [0.15, 0.2) is 69.0 Å². The van der Waals surface area contributed by atoms with Crippen LogP contribution >= 0.6 is 35.1 Å². The lowest BCUT2D eigenvalue weighted by Gasteiger charge is -2.15. The van der Waals surface area contributed by atoms with Gasteiger partial charge in [0.15, 0.2) is 4.34 Å². The minimum atomic E-state index is -3.74. The predicted molar refractivity (Wildman–Crippen MR) is 116 cm³/mol. The Morgan fingerprint density at radius 3 is 2.45 bits per heavy atom. The number of amides is 1. The van der Waals surface area contributed by atoms with Crippen LogP contribution < -0.4 is 10.5 Å². The normalized spacial score (nSPS) is 12.5. The maximum absolute atomic E-state index is 12.9. The lowest BCUT2D eigenvalue weighted by atomic mass is 10.1. The SMILES string of the molecule is CSc1nsc(SC(C(=O)NCc2ccc(S(N)(=O)=O)cc2)c2ccccc2)n1. The molecule has 0 radical (unpaired) electrons. The first-order valence-electron chi connectivity index (χ1n) is 8.35. The molecule has 0 aliphatic rings. The molecule has 0 saturated heterocycles. The number of carbonyl (C=O) groups is 1. The summed E-state index contributed by atoms with van der Waals surface area (Å²) < 4.78 is 27.7. The summed E-state index contributed by atoms with van der Waals surface area (Å²) in [5.74, 6) is -0.169. The zero-order valence-corrected chi connectivity index (χ0v) is 18.6. The first-order chi connectivity index (χ1) is 13.9. The maximum Gasteiger partial charge on any atom is 0.238 e. The fraction of sp³-hybridized carbons (Fsp3) is 0.167. The Bertz CT molecular complexity index is 1070. The average Bonchev–Trinajstić information content (AvgIpc) is 3.18. The summed E-state index contributed by atoms with van der Waals surface area (Å²) in [4.78, 5) is 17.4. The summed E-state index contributed by atoms with van der Waals surface area (Å²) in [6.07, 6.45) is 1.90. The number of nitrogens with one attached hydrogen (secondary N) is 1. The molecule has 11 heteroatoms. The van der Waals surface area contributed by atoms with E-state index in [-0.39, 0.29) is 17.3 Å². The Kier molecular flexibility index (Phi) is 7.30. The Morgan fingerprint density at radius 1 is 1.17 bits per heavy atom. The second-order valence-electron chi connectivity index (χ2n) is 5.86. The van der Waals surface area contributed by atoms with Gasteiger partial charge in [0.1, 0.15) is 5.25 Å². The molecular weight excluding hydrogens is 448 g/mol. The summed E-state index contributed by atoms with van der Waals surface area (Å²) >= 11 is 4.07. The molecule has 3 aromatic rings. The van der Waals surface area contributed by atoms with Crippen LogP contribution in [0.4, 0.5) is 0 Å². The van der Waals surface area contributed by atoms with E-state index >= 15 is 0 Å². The lowest BCUT2D eigenvalue weighted by Crippen LogP contribution is -2.27. The van der Waals surface area contributed by atoms with E-state index in [1.54, 1.807) is 12.1 Å². The third kappa shape index (κ3) is 6.03. The van der Waals surface area contributed by atoms with Crippen molar-refractivity contribution in [1.29, 1.82) is 0 Å². The van der Waals surface area contributed by atoms with Gasteiger partial charge in [-0.05, 0) is 41.0 Å². The van der Waals surface area contributed by atoms with E-state index < -0.39 is 15.3 Å². The van der Waals surface area contributed by atoms with Gasteiger partial charge in [-0.15, -0.1) is 0 Å². The molecule has 1 heterocycles. The van der Waals surface area contributed by atoms with Crippen molar-refractivity contribution in [2.24, 2.45) is 5.14 Å². The molecular formula is C18H18N4O3S4. The lowest BCUT2D eigenvalue weighted by molar-refractivity contribution is -0.120. The molecule has 152 valence electrons. The van der Waals surface area contributed by atoms with Crippen LogP contribution in [0.3, 0.4) is 0 Å². The first kappa shape index (κ1) is 21.8. The third-order valence-corrected chi connectivity index (χ3v) is 7.48. The number of rotatable bonds is 8. The highest BCUT2D eigenvalue weighted by Gasteiger charge is 2.23. The van der Waals surface area contributed by atoms with E-state index in [4.69, 9.17) is 5.14 Å². The van der Waals surface area contributed by atoms with E-state index in [2.05, 4.69) is 14.7 Å². The van der Waals surface area contributed by atoms with Crippen molar-refractivity contribution in [2.75, 3.05) is 6.26 Å². The van der Waals surface area contributed by atoms with Crippen molar-refractivity contribution in [3.05, 3.63) is 65.7 Å². The molecule has 1 amide bonds. The molecule has 0 bridgehead atoms. The fourth-order valence-corrected chi connectivity index (χ4v) is 5.35. The number of hydrogen-bond acceptors (Lipinski definition) is 8. The fourth-order valence-electron chi connectivity index (χ4n) is 2.41. The number of primary sulfonamides is 1. The van der Waals surface area contributed by atoms with E-state index in [9.17, 15) is 13.2 Å². The van der Waals surface area contributed by atoms with Crippen molar-refractivity contribution in [3.63, 3.8) is 0 Å². The maximum atomic E-state index is 12.9. The molecule has 7 nitrogen and oxygen atoms in total. The van der Waals surface area contributed by atoms with Gasteiger partial charge in [-0.2, -0.15) is 4.37 Å². The van der Waals surface area contributed by atoms with Gasteiger partial charge in [0.05, 0.1) is 4.90 Å². The second kappa shape index (κ2) is 9.72. The Balaban J connectivity index is 1.72. The van der Waals surface area contributed by atoms with Gasteiger partial charge < -0.3 is 5.32 Å². The molecule has 2 aromatic carbocycles. The number of nitrogens with two attached hydrogens (primary N) is 1. The number of aromatic nitrogens is 2. The molecule has 3 rings (SSSR count). The van der Waals surface area contributed by atoms with Crippen LogP contribution in [-0.2, 0) is 21.4 Å². The van der Waals surface area contributed by atoms with Crippen LogP contribution in [0, 0.1) is 0 Å². The van der Waals surface area contributed by atoms with Gasteiger partial charge in [0.25, 0.3) is 0 Å². The van der Waals surface area contributed by atoms with Crippen molar-refractivity contribution >= 4 is 51.0 Å². The summed E-state index contributed by atoms with van der Waals surface area (Å²) in [6.45, 7) is 0.264. The van der Waals surface area contributed by atoms with E-state index in [1.807, 2.05) is 36.6 Å². The molecule has 0 fully saturated rings.